The Kier molecular flexibility index (Phi) is 7.00. The van der Waals surface area contributed by atoms with E-state index in [-0.39, 0.29) is 5.92 Å². The van der Waals surface area contributed by atoms with E-state index in [0.717, 1.165) is 44.8 Å². The predicted molar refractivity (Wildman–Crippen MR) is 122 cm³/mol. The van der Waals surface area contributed by atoms with E-state index in [1.165, 1.54) is 5.56 Å². The van der Waals surface area contributed by atoms with Crippen molar-refractivity contribution in [1.29, 1.82) is 0 Å². The normalized spacial score (nSPS) is 16.7. The molecule has 1 aliphatic rings. The zero-order valence-corrected chi connectivity index (χ0v) is 17.5. The van der Waals surface area contributed by atoms with Gasteiger partial charge in [0.1, 0.15) is 5.76 Å². The highest BCUT2D eigenvalue weighted by Gasteiger charge is 2.33. The third-order valence-electron chi connectivity index (χ3n) is 4.99. The molecule has 0 saturated carbocycles. The lowest BCUT2D eigenvalue weighted by atomic mass is 9.81. The van der Waals surface area contributed by atoms with Gasteiger partial charge in [-0.2, -0.15) is 0 Å². The predicted octanol–water partition coefficient (Wildman–Crippen LogP) is 7.38. The van der Waals surface area contributed by atoms with Crippen LogP contribution in [0.15, 0.2) is 126 Å². The smallest absolute Gasteiger partial charge is 0.118 e. The summed E-state index contributed by atoms with van der Waals surface area (Å²) in [4.78, 5) is 0. The Morgan fingerprint density at radius 2 is 1.54 bits per heavy atom. The van der Waals surface area contributed by atoms with Crippen LogP contribution in [0.4, 0.5) is 0 Å². The fourth-order valence-electron chi connectivity index (χ4n) is 3.70. The van der Waals surface area contributed by atoms with Gasteiger partial charge in [0.15, 0.2) is 0 Å². The van der Waals surface area contributed by atoms with Crippen LogP contribution in [0.2, 0.25) is 0 Å². The molecule has 1 aromatic rings. The van der Waals surface area contributed by atoms with Crippen molar-refractivity contribution in [1.82, 2.24) is 0 Å². The average molecular weight is 371 g/mol. The molecule has 1 atom stereocenters. The van der Waals surface area contributed by atoms with Gasteiger partial charge < -0.3 is 4.74 Å². The molecule has 0 aromatic heterocycles. The van der Waals surface area contributed by atoms with E-state index >= 15 is 0 Å². The number of methoxy groups -OCH3 is 1. The fourth-order valence-corrected chi connectivity index (χ4v) is 3.70. The van der Waals surface area contributed by atoms with Gasteiger partial charge in [-0.15, -0.1) is 0 Å². The molecule has 1 aliphatic carbocycles. The third kappa shape index (κ3) is 3.94. The molecule has 0 N–H and O–H groups in total. The minimum absolute atomic E-state index is 0.0397. The Morgan fingerprint density at radius 3 is 1.96 bits per heavy atom. The van der Waals surface area contributed by atoms with Crippen LogP contribution in [-0.4, -0.2) is 7.11 Å². The maximum atomic E-state index is 5.63. The van der Waals surface area contributed by atoms with E-state index in [4.69, 9.17) is 4.74 Å². The number of hydrogen-bond donors (Lipinski definition) is 0. The summed E-state index contributed by atoms with van der Waals surface area (Å²) in [6.07, 6.45) is 7.81. The molecule has 28 heavy (non-hydrogen) atoms. The minimum Gasteiger partial charge on any atom is -0.497 e. The Bertz CT molecular complexity index is 926. The summed E-state index contributed by atoms with van der Waals surface area (Å²) in [5, 5.41) is 0. The van der Waals surface area contributed by atoms with Gasteiger partial charge in [-0.05, 0) is 65.8 Å². The highest BCUT2D eigenvalue weighted by molar-refractivity contribution is 5.72. The van der Waals surface area contributed by atoms with Gasteiger partial charge in [0.05, 0.1) is 7.11 Å². The Balaban J connectivity index is 2.89. The van der Waals surface area contributed by atoms with Gasteiger partial charge in [-0.3, -0.25) is 0 Å². The average Bonchev–Trinajstić information content (AvgIpc) is 3.01. The maximum Gasteiger partial charge on any atom is 0.118 e. The molecule has 0 spiro atoms. The van der Waals surface area contributed by atoms with Crippen LogP contribution < -0.4 is 0 Å². The van der Waals surface area contributed by atoms with Crippen LogP contribution in [0.5, 0.6) is 0 Å². The van der Waals surface area contributed by atoms with Crippen molar-refractivity contribution in [2.75, 3.05) is 7.11 Å². The van der Waals surface area contributed by atoms with Crippen LogP contribution in [0.3, 0.4) is 0 Å². The van der Waals surface area contributed by atoms with E-state index in [1.54, 1.807) is 7.11 Å². The molecule has 0 heterocycles. The third-order valence-corrected chi connectivity index (χ3v) is 4.99. The lowest BCUT2D eigenvalue weighted by molar-refractivity contribution is 0.302. The van der Waals surface area contributed by atoms with Gasteiger partial charge >= 0.3 is 0 Å². The Labute approximate surface area is 170 Å². The molecule has 1 unspecified atom stereocenters. The molecule has 0 radical (unpaired) electrons. The van der Waals surface area contributed by atoms with Gasteiger partial charge in [0, 0.05) is 5.92 Å². The number of hydrogen-bond acceptors (Lipinski definition) is 1. The van der Waals surface area contributed by atoms with Crippen molar-refractivity contribution in [2.45, 2.75) is 26.7 Å². The van der Waals surface area contributed by atoms with Crippen LogP contribution in [0.25, 0.3) is 0 Å². The summed E-state index contributed by atoms with van der Waals surface area (Å²) in [7, 11) is 1.70. The summed E-state index contributed by atoms with van der Waals surface area (Å²) in [6, 6.07) is 10.5. The van der Waals surface area contributed by atoms with Crippen LogP contribution in [0.1, 0.15) is 32.3 Å². The van der Waals surface area contributed by atoms with Crippen LogP contribution in [0, 0.1) is 0 Å². The van der Waals surface area contributed by atoms with E-state index in [9.17, 15) is 0 Å². The number of rotatable bonds is 8. The van der Waals surface area contributed by atoms with E-state index < -0.39 is 0 Å². The van der Waals surface area contributed by atoms with Crippen molar-refractivity contribution in [3.05, 3.63) is 131 Å². The summed E-state index contributed by atoms with van der Waals surface area (Å²) >= 11 is 0. The first-order valence-corrected chi connectivity index (χ1v) is 9.41. The summed E-state index contributed by atoms with van der Waals surface area (Å²) in [5.41, 5.74) is 8.76. The van der Waals surface area contributed by atoms with Crippen molar-refractivity contribution in [2.24, 2.45) is 0 Å². The molecule has 1 aromatic carbocycles. The molecule has 1 nitrogen and oxygen atoms in total. The first-order valence-electron chi connectivity index (χ1n) is 9.41. The standard InChI is InChI=1S/C27H30O/c1-9-21-22(10-2)26(20-15-13-12-14-16-20)27(23(21)11-3)24(18(4)5)17-25(28-8)19(6)7/h9-17,26H,1-4H2,5-8H3/b24-17+. The second-order valence-corrected chi connectivity index (χ2v) is 7.06. The lowest BCUT2D eigenvalue weighted by Crippen LogP contribution is -2.06. The zero-order chi connectivity index (χ0) is 20.8. The second-order valence-electron chi connectivity index (χ2n) is 7.06. The molecule has 144 valence electrons. The molecule has 0 amide bonds. The van der Waals surface area contributed by atoms with Gasteiger partial charge in [0.2, 0.25) is 0 Å². The molecule has 0 saturated heterocycles. The SMILES string of the molecule is C=CC1=C(C=C)C(c2ccccc2)C(/C(=C/C(OC)=C(C)C)C(=C)C)=C1C=C. The van der Waals surface area contributed by atoms with Gasteiger partial charge in [-0.25, -0.2) is 0 Å². The van der Waals surface area contributed by atoms with Crippen molar-refractivity contribution < 1.29 is 4.74 Å². The monoisotopic (exact) mass is 370 g/mol. The lowest BCUT2D eigenvalue weighted by Gasteiger charge is -2.22. The highest BCUT2D eigenvalue weighted by Crippen LogP contribution is 2.49. The van der Waals surface area contributed by atoms with Gasteiger partial charge in [0.25, 0.3) is 0 Å². The van der Waals surface area contributed by atoms with Crippen LogP contribution >= 0.6 is 0 Å². The molecule has 2 rings (SSSR count). The molecular formula is C27H30O. The van der Waals surface area contributed by atoms with E-state index in [2.05, 4.69) is 56.7 Å². The summed E-state index contributed by atoms with van der Waals surface area (Å²) < 4.78 is 5.63. The minimum atomic E-state index is 0.0397. The zero-order valence-electron chi connectivity index (χ0n) is 17.5. The molecular weight excluding hydrogens is 340 g/mol. The number of allylic oxidation sites excluding steroid dienone is 11. The van der Waals surface area contributed by atoms with Crippen LogP contribution in [-0.2, 0) is 4.74 Å². The Hall–Kier alpha value is -3.06. The first kappa shape index (κ1) is 21.2. The molecule has 0 fully saturated rings. The number of benzene rings is 1. The molecule has 0 aliphatic heterocycles. The second kappa shape index (κ2) is 9.23. The van der Waals surface area contributed by atoms with E-state index in [0.29, 0.717) is 0 Å². The molecule has 0 bridgehead atoms. The molecule has 1 heteroatoms. The largest absolute Gasteiger partial charge is 0.497 e. The quantitative estimate of drug-likeness (QED) is 0.343. The van der Waals surface area contributed by atoms with Crippen molar-refractivity contribution >= 4 is 0 Å². The van der Waals surface area contributed by atoms with Crippen molar-refractivity contribution in [3.63, 3.8) is 0 Å². The van der Waals surface area contributed by atoms with E-state index in [1.807, 2.05) is 45.1 Å². The first-order chi connectivity index (χ1) is 13.4. The topological polar surface area (TPSA) is 9.23 Å². The fraction of sp³-hybridized carbons (Fsp3) is 0.185. The van der Waals surface area contributed by atoms with Gasteiger partial charge in [-0.1, -0.05) is 80.4 Å². The summed E-state index contributed by atoms with van der Waals surface area (Å²) in [6.45, 7) is 22.6. The van der Waals surface area contributed by atoms with Crippen molar-refractivity contribution in [3.8, 4) is 0 Å². The number of ether oxygens (including phenoxy) is 1. The maximum absolute atomic E-state index is 5.63. The summed E-state index contributed by atoms with van der Waals surface area (Å²) in [5.74, 6) is 0.880. The highest BCUT2D eigenvalue weighted by atomic mass is 16.5. The Morgan fingerprint density at radius 1 is 0.929 bits per heavy atom.